The molecular weight excluding hydrogens is 404 g/mol. The van der Waals surface area contributed by atoms with Gasteiger partial charge in [0.15, 0.2) is 5.82 Å². The molecule has 30 heavy (non-hydrogen) atoms. The minimum absolute atomic E-state index is 0.0988. The number of halogens is 4. The molecule has 154 valence electrons. The summed E-state index contributed by atoms with van der Waals surface area (Å²) in [5, 5.41) is 22.0. The number of tetrazole rings is 1. The van der Waals surface area contributed by atoms with E-state index in [1.54, 1.807) is 10.8 Å². The summed E-state index contributed by atoms with van der Waals surface area (Å²) in [6, 6.07) is 9.80. The van der Waals surface area contributed by atoms with Crippen LogP contribution in [0.25, 0.3) is 5.69 Å². The number of imidazole rings is 1. The number of aromatic nitrogens is 6. The van der Waals surface area contributed by atoms with Gasteiger partial charge in [0.2, 0.25) is 0 Å². The van der Waals surface area contributed by atoms with Crippen LogP contribution in [-0.4, -0.2) is 34.9 Å². The van der Waals surface area contributed by atoms with Crippen molar-refractivity contribution in [1.82, 2.24) is 29.8 Å². The lowest BCUT2D eigenvalue weighted by Crippen LogP contribution is -2.14. The van der Waals surface area contributed by atoms with Crippen molar-refractivity contribution in [3.05, 3.63) is 89.5 Å². The minimum Gasteiger partial charge on any atom is -0.380 e. The molecule has 0 bridgehead atoms. The molecule has 0 saturated carbocycles. The summed E-state index contributed by atoms with van der Waals surface area (Å²) < 4.78 is 54.3. The zero-order chi connectivity index (χ0) is 21.3. The fourth-order valence-corrected chi connectivity index (χ4v) is 2.95. The van der Waals surface area contributed by atoms with Gasteiger partial charge < -0.3 is 9.67 Å². The molecule has 7 nitrogen and oxygen atoms in total. The smallest absolute Gasteiger partial charge is 0.380 e. The van der Waals surface area contributed by atoms with Gasteiger partial charge >= 0.3 is 6.18 Å². The Balaban J connectivity index is 1.60. The zero-order valence-electron chi connectivity index (χ0n) is 15.2. The highest BCUT2D eigenvalue weighted by Gasteiger charge is 2.30. The highest BCUT2D eigenvalue weighted by molar-refractivity contribution is 5.35. The average Bonchev–Trinajstić information content (AvgIpc) is 3.37. The minimum atomic E-state index is -4.44. The van der Waals surface area contributed by atoms with Gasteiger partial charge in [-0.3, -0.25) is 0 Å². The van der Waals surface area contributed by atoms with Crippen molar-refractivity contribution in [3.63, 3.8) is 0 Å². The fourth-order valence-electron chi connectivity index (χ4n) is 2.95. The lowest BCUT2D eigenvalue weighted by atomic mass is 10.1. The molecule has 0 aliphatic rings. The van der Waals surface area contributed by atoms with Crippen molar-refractivity contribution in [2.24, 2.45) is 0 Å². The molecule has 11 heteroatoms. The summed E-state index contributed by atoms with van der Waals surface area (Å²) in [5.41, 5.74) is 0.0233. The first-order valence-corrected chi connectivity index (χ1v) is 8.72. The second-order valence-electron chi connectivity index (χ2n) is 6.42. The van der Waals surface area contributed by atoms with Gasteiger partial charge in [0.1, 0.15) is 17.7 Å². The van der Waals surface area contributed by atoms with Crippen LogP contribution in [0.5, 0.6) is 0 Å². The topological polar surface area (TPSA) is 81.7 Å². The second kappa shape index (κ2) is 7.67. The number of nitrogens with zero attached hydrogens (tertiary/aromatic N) is 6. The van der Waals surface area contributed by atoms with E-state index < -0.39 is 23.7 Å². The molecule has 0 radical (unpaired) electrons. The van der Waals surface area contributed by atoms with E-state index in [0.29, 0.717) is 17.1 Å². The third-order valence-electron chi connectivity index (χ3n) is 4.46. The van der Waals surface area contributed by atoms with Gasteiger partial charge in [-0.15, -0.1) is 5.10 Å². The molecule has 0 aliphatic heterocycles. The highest BCUT2D eigenvalue weighted by atomic mass is 19.4. The van der Waals surface area contributed by atoms with E-state index in [1.165, 1.54) is 47.3 Å². The fraction of sp³-hybridized carbons (Fsp3) is 0.158. The number of hydrogen-bond acceptors (Lipinski definition) is 5. The molecule has 0 amide bonds. The number of aliphatic hydroxyl groups is 1. The Bertz CT molecular complexity index is 1140. The molecule has 2 aromatic carbocycles. The van der Waals surface area contributed by atoms with Crippen LogP contribution in [0.4, 0.5) is 17.6 Å². The molecule has 0 aliphatic carbocycles. The maximum Gasteiger partial charge on any atom is 0.416 e. The van der Waals surface area contributed by atoms with Crippen LogP contribution in [0, 0.1) is 5.82 Å². The van der Waals surface area contributed by atoms with E-state index in [4.69, 9.17) is 0 Å². The van der Waals surface area contributed by atoms with E-state index in [9.17, 15) is 22.7 Å². The van der Waals surface area contributed by atoms with Gasteiger partial charge in [-0.1, -0.05) is 12.1 Å². The third kappa shape index (κ3) is 3.92. The predicted octanol–water partition coefficient (Wildman–Crippen LogP) is 3.15. The van der Waals surface area contributed by atoms with Crippen molar-refractivity contribution in [2.45, 2.75) is 18.8 Å². The molecule has 4 rings (SSSR count). The van der Waals surface area contributed by atoms with Crippen molar-refractivity contribution >= 4 is 0 Å². The number of alkyl halides is 3. The molecule has 1 N–H and O–H groups in total. The molecule has 0 saturated heterocycles. The lowest BCUT2D eigenvalue weighted by molar-refractivity contribution is -0.137. The summed E-state index contributed by atoms with van der Waals surface area (Å²) in [5.74, 6) is 0.175. The van der Waals surface area contributed by atoms with Crippen LogP contribution in [0.1, 0.15) is 28.9 Å². The van der Waals surface area contributed by atoms with Gasteiger partial charge in [0.05, 0.1) is 17.8 Å². The Morgan fingerprint density at radius 3 is 2.37 bits per heavy atom. The quantitative estimate of drug-likeness (QED) is 0.504. The number of benzene rings is 2. The van der Waals surface area contributed by atoms with Crippen molar-refractivity contribution in [1.29, 1.82) is 0 Å². The van der Waals surface area contributed by atoms with E-state index in [-0.39, 0.29) is 12.4 Å². The lowest BCUT2D eigenvalue weighted by Gasteiger charge is -2.14. The summed E-state index contributed by atoms with van der Waals surface area (Å²) in [4.78, 5) is 4.15. The molecule has 2 aromatic heterocycles. The van der Waals surface area contributed by atoms with Crippen LogP contribution < -0.4 is 0 Å². The van der Waals surface area contributed by atoms with Crippen LogP contribution in [-0.2, 0) is 12.7 Å². The van der Waals surface area contributed by atoms with E-state index in [0.717, 1.165) is 12.1 Å². The average molecular weight is 418 g/mol. The molecule has 1 unspecified atom stereocenters. The van der Waals surface area contributed by atoms with Gasteiger partial charge in [-0.05, 0) is 52.4 Å². The first kappa shape index (κ1) is 19.7. The van der Waals surface area contributed by atoms with Crippen LogP contribution in [0.3, 0.4) is 0 Å². The number of aliphatic hydroxyl groups excluding tert-OH is 1. The molecular formula is C19H14F4N6O. The molecule has 2 heterocycles. The molecule has 0 spiro atoms. The summed E-state index contributed by atoms with van der Waals surface area (Å²) >= 11 is 0. The number of rotatable bonds is 5. The van der Waals surface area contributed by atoms with Gasteiger partial charge in [-0.25, -0.2) is 9.37 Å². The SMILES string of the molecule is OC(c1ccc(F)cc1)c1nccn1Cc1nnnn1-c1ccc(C(F)(F)F)cc1. The Hall–Kier alpha value is -3.60. The summed E-state index contributed by atoms with van der Waals surface area (Å²) in [6.07, 6.45) is -2.47. The largest absolute Gasteiger partial charge is 0.416 e. The van der Waals surface area contributed by atoms with Crippen molar-refractivity contribution in [2.75, 3.05) is 0 Å². The Labute approximate surface area is 167 Å². The highest BCUT2D eigenvalue weighted by Crippen LogP contribution is 2.29. The Morgan fingerprint density at radius 1 is 1.00 bits per heavy atom. The van der Waals surface area contributed by atoms with Crippen LogP contribution >= 0.6 is 0 Å². The monoisotopic (exact) mass is 418 g/mol. The van der Waals surface area contributed by atoms with Gasteiger partial charge in [-0.2, -0.15) is 17.9 Å². The second-order valence-corrected chi connectivity index (χ2v) is 6.42. The van der Waals surface area contributed by atoms with E-state index >= 15 is 0 Å². The predicted molar refractivity (Wildman–Crippen MR) is 95.9 cm³/mol. The van der Waals surface area contributed by atoms with Crippen LogP contribution in [0.2, 0.25) is 0 Å². The number of hydrogen-bond donors (Lipinski definition) is 1. The molecule has 1 atom stereocenters. The van der Waals surface area contributed by atoms with E-state index in [2.05, 4.69) is 20.5 Å². The molecule has 4 aromatic rings. The van der Waals surface area contributed by atoms with Crippen LogP contribution in [0.15, 0.2) is 60.9 Å². The van der Waals surface area contributed by atoms with Crippen molar-refractivity contribution < 1.29 is 22.7 Å². The Kier molecular flexibility index (Phi) is 5.04. The van der Waals surface area contributed by atoms with Gasteiger partial charge in [0.25, 0.3) is 0 Å². The summed E-state index contributed by atoms with van der Waals surface area (Å²) in [7, 11) is 0. The Morgan fingerprint density at radius 2 is 1.70 bits per heavy atom. The zero-order valence-corrected chi connectivity index (χ0v) is 15.2. The maximum absolute atomic E-state index is 13.1. The summed E-state index contributed by atoms with van der Waals surface area (Å²) in [6.45, 7) is 0.0988. The van der Waals surface area contributed by atoms with Gasteiger partial charge in [0, 0.05) is 12.4 Å². The maximum atomic E-state index is 13.1. The normalized spacial score (nSPS) is 12.8. The first-order chi connectivity index (χ1) is 14.3. The first-order valence-electron chi connectivity index (χ1n) is 8.72. The standard InChI is InChI=1S/C19H14F4N6O/c20-14-5-1-12(2-6-14)17(30)18-24-9-10-28(18)11-16-25-26-27-29(16)15-7-3-13(4-8-15)19(21,22)23/h1-10,17,30H,11H2. The molecule has 0 fully saturated rings. The third-order valence-corrected chi connectivity index (χ3v) is 4.46. The van der Waals surface area contributed by atoms with E-state index in [1.807, 2.05) is 0 Å². The van der Waals surface area contributed by atoms with Crippen molar-refractivity contribution in [3.8, 4) is 5.69 Å².